The largest absolute Gasteiger partial charge is 0.299 e. The van der Waals surface area contributed by atoms with Gasteiger partial charge in [-0.2, -0.15) is 0 Å². The van der Waals surface area contributed by atoms with Gasteiger partial charge in [0.2, 0.25) is 0 Å². The van der Waals surface area contributed by atoms with Gasteiger partial charge in [0, 0.05) is 23.7 Å². The molecule has 5 atom stereocenters. The highest BCUT2D eigenvalue weighted by atomic mass is 16.1. The molecule has 0 spiro atoms. The molecule has 0 aromatic carbocycles. The summed E-state index contributed by atoms with van der Waals surface area (Å²) in [7, 11) is 0. The molecule has 0 bridgehead atoms. The maximum Gasteiger partial charge on any atom is 0.139 e. The van der Waals surface area contributed by atoms with Crippen molar-refractivity contribution in [3.63, 3.8) is 0 Å². The second-order valence-corrected chi connectivity index (χ2v) is 7.04. The van der Waals surface area contributed by atoms with Crippen LogP contribution in [0, 0.1) is 35.5 Å². The van der Waals surface area contributed by atoms with Gasteiger partial charge in [-0.05, 0) is 50.4 Å². The van der Waals surface area contributed by atoms with Crippen molar-refractivity contribution in [1.82, 2.24) is 0 Å². The Balaban J connectivity index is 1.94. The van der Waals surface area contributed by atoms with Gasteiger partial charge in [0.15, 0.2) is 0 Å². The fraction of sp³-hybridized carbons (Fsp3) is 0.812. The van der Waals surface area contributed by atoms with Gasteiger partial charge in [-0.15, -0.1) is 0 Å². The van der Waals surface area contributed by atoms with Crippen molar-refractivity contribution in [2.24, 2.45) is 28.6 Å². The van der Waals surface area contributed by atoms with Crippen molar-refractivity contribution in [3.05, 3.63) is 6.92 Å². The Morgan fingerprint density at radius 3 is 2.39 bits per heavy atom. The van der Waals surface area contributed by atoms with Gasteiger partial charge in [0.25, 0.3) is 0 Å². The summed E-state index contributed by atoms with van der Waals surface area (Å²) in [5.41, 5.74) is -0.770. The zero-order valence-electron chi connectivity index (χ0n) is 11.4. The lowest BCUT2D eigenvalue weighted by Crippen LogP contribution is -2.51. The molecular formula is C16H22O2. The molecule has 3 saturated carbocycles. The van der Waals surface area contributed by atoms with Gasteiger partial charge in [-0.25, -0.2) is 0 Å². The Bertz CT molecular complexity index is 405. The first-order chi connectivity index (χ1) is 8.37. The van der Waals surface area contributed by atoms with Crippen LogP contribution in [0.15, 0.2) is 0 Å². The van der Waals surface area contributed by atoms with E-state index < -0.39 is 5.41 Å². The molecule has 2 heteroatoms. The van der Waals surface area contributed by atoms with Gasteiger partial charge >= 0.3 is 0 Å². The summed E-state index contributed by atoms with van der Waals surface area (Å²) in [5.74, 6) is 1.92. The van der Waals surface area contributed by atoms with Gasteiger partial charge in [0.05, 0.1) is 0 Å². The van der Waals surface area contributed by atoms with Crippen LogP contribution in [-0.2, 0) is 9.59 Å². The third-order valence-electron chi connectivity index (χ3n) is 6.22. The lowest BCUT2D eigenvalue weighted by Gasteiger charge is -2.52. The van der Waals surface area contributed by atoms with Crippen LogP contribution < -0.4 is 0 Å². The summed E-state index contributed by atoms with van der Waals surface area (Å²) < 4.78 is 0. The van der Waals surface area contributed by atoms with E-state index in [4.69, 9.17) is 6.92 Å². The molecule has 3 aliphatic rings. The van der Waals surface area contributed by atoms with Crippen molar-refractivity contribution >= 4 is 11.6 Å². The highest BCUT2D eigenvalue weighted by Gasteiger charge is 2.58. The Labute approximate surface area is 110 Å². The minimum Gasteiger partial charge on any atom is -0.299 e. The van der Waals surface area contributed by atoms with Crippen LogP contribution in [0.2, 0.25) is 0 Å². The second kappa shape index (κ2) is 3.68. The molecule has 0 aliphatic heterocycles. The zero-order valence-corrected chi connectivity index (χ0v) is 11.4. The van der Waals surface area contributed by atoms with E-state index in [0.29, 0.717) is 30.0 Å². The number of hydrogen-bond acceptors (Lipinski definition) is 2. The third kappa shape index (κ3) is 1.41. The van der Waals surface area contributed by atoms with Crippen molar-refractivity contribution in [1.29, 1.82) is 0 Å². The quantitative estimate of drug-likeness (QED) is 0.658. The molecule has 3 fully saturated rings. The van der Waals surface area contributed by atoms with Crippen LogP contribution in [-0.4, -0.2) is 11.6 Å². The molecule has 98 valence electrons. The van der Waals surface area contributed by atoms with E-state index in [-0.39, 0.29) is 11.2 Å². The minimum atomic E-state index is -0.657. The normalized spacial score (nSPS) is 46.7. The van der Waals surface area contributed by atoms with E-state index in [2.05, 4.69) is 6.92 Å². The molecule has 3 aliphatic carbocycles. The molecule has 2 nitrogen and oxygen atoms in total. The lowest BCUT2D eigenvalue weighted by molar-refractivity contribution is -0.142. The highest BCUT2D eigenvalue weighted by molar-refractivity contribution is 5.88. The number of rotatable bonds is 0. The van der Waals surface area contributed by atoms with Gasteiger partial charge in [-0.3, -0.25) is 9.59 Å². The van der Waals surface area contributed by atoms with Crippen molar-refractivity contribution in [2.45, 2.75) is 52.4 Å². The van der Waals surface area contributed by atoms with E-state index in [9.17, 15) is 9.59 Å². The van der Waals surface area contributed by atoms with Crippen LogP contribution >= 0.6 is 0 Å². The Kier molecular flexibility index (Phi) is 2.53. The summed E-state index contributed by atoms with van der Waals surface area (Å²) in [6, 6.07) is 0. The van der Waals surface area contributed by atoms with Gasteiger partial charge < -0.3 is 0 Å². The summed E-state index contributed by atoms with van der Waals surface area (Å²) in [4.78, 5) is 24.1. The molecule has 0 amide bonds. The maximum atomic E-state index is 12.1. The number of Topliss-reactive ketones (excluding diaryl/α,β-unsaturated/α-hetero) is 2. The van der Waals surface area contributed by atoms with Crippen molar-refractivity contribution < 1.29 is 9.59 Å². The summed E-state index contributed by atoms with van der Waals surface area (Å²) in [6.45, 7) is 10.4. The molecule has 0 heterocycles. The standard InChI is InChI=1S/C16H22O2/c1-15(2)11-8-9-16(3)12(5-7-14(16)18)10(11)4-6-13(15)17/h1,10-12H,4-9H2,2-3H3/t10-,11+,12+,15+,16+/m1/s1. The second-order valence-electron chi connectivity index (χ2n) is 7.04. The molecule has 3 rings (SSSR count). The number of carbonyl (C=O) groups is 2. The molecule has 18 heavy (non-hydrogen) atoms. The minimum absolute atomic E-state index is 0.113. The topological polar surface area (TPSA) is 34.1 Å². The van der Waals surface area contributed by atoms with Crippen LogP contribution in [0.1, 0.15) is 52.4 Å². The van der Waals surface area contributed by atoms with Gasteiger partial charge in [-0.1, -0.05) is 13.8 Å². The molecule has 2 radical (unpaired) electrons. The van der Waals surface area contributed by atoms with E-state index in [1.807, 2.05) is 6.92 Å². The monoisotopic (exact) mass is 246 g/mol. The predicted molar refractivity (Wildman–Crippen MR) is 68.7 cm³/mol. The molecule has 0 aromatic rings. The van der Waals surface area contributed by atoms with Crippen LogP contribution in [0.3, 0.4) is 0 Å². The van der Waals surface area contributed by atoms with Crippen molar-refractivity contribution in [3.8, 4) is 0 Å². The Hall–Kier alpha value is -0.660. The first-order valence-electron chi connectivity index (χ1n) is 7.23. The van der Waals surface area contributed by atoms with E-state index in [1.165, 1.54) is 0 Å². The van der Waals surface area contributed by atoms with E-state index in [0.717, 1.165) is 32.1 Å². The average Bonchev–Trinajstić information content (AvgIpc) is 2.61. The predicted octanol–water partition coefficient (Wildman–Crippen LogP) is 3.08. The number of ketones is 2. The van der Waals surface area contributed by atoms with E-state index in [1.54, 1.807) is 0 Å². The molecule has 0 unspecified atom stereocenters. The smallest absolute Gasteiger partial charge is 0.139 e. The first kappa shape index (κ1) is 12.4. The zero-order chi connectivity index (χ0) is 13.1. The lowest BCUT2D eigenvalue weighted by atomic mass is 9.50. The maximum absolute atomic E-state index is 12.1. The molecule has 0 saturated heterocycles. The Morgan fingerprint density at radius 1 is 1.00 bits per heavy atom. The number of hydrogen-bond donors (Lipinski definition) is 0. The molecule has 0 N–H and O–H groups in total. The first-order valence-corrected chi connectivity index (χ1v) is 7.23. The molecular weight excluding hydrogens is 224 g/mol. The highest BCUT2D eigenvalue weighted by Crippen LogP contribution is 2.60. The average molecular weight is 246 g/mol. The SMILES string of the molecule is [CH][C@@]1(C)C(=O)CC[C@@H]2[C@@H]1CC[C@]1(C)C(=O)CC[C@@H]21. The fourth-order valence-electron chi connectivity index (χ4n) is 4.98. The van der Waals surface area contributed by atoms with Crippen molar-refractivity contribution in [2.75, 3.05) is 0 Å². The van der Waals surface area contributed by atoms with Gasteiger partial charge in [0.1, 0.15) is 11.6 Å². The van der Waals surface area contributed by atoms with E-state index >= 15 is 0 Å². The third-order valence-corrected chi connectivity index (χ3v) is 6.22. The van der Waals surface area contributed by atoms with Crippen LogP contribution in [0.25, 0.3) is 0 Å². The fourth-order valence-corrected chi connectivity index (χ4v) is 4.98. The summed E-state index contributed by atoms with van der Waals surface area (Å²) in [5, 5.41) is 0. The molecule has 0 aromatic heterocycles. The van der Waals surface area contributed by atoms with Crippen LogP contribution in [0.4, 0.5) is 0 Å². The number of fused-ring (bicyclic) bond motifs is 3. The number of carbonyl (C=O) groups excluding carboxylic acids is 2. The summed E-state index contributed by atoms with van der Waals surface area (Å²) >= 11 is 0. The van der Waals surface area contributed by atoms with Crippen LogP contribution in [0.5, 0.6) is 0 Å². The Morgan fingerprint density at radius 2 is 1.67 bits per heavy atom. The summed E-state index contributed by atoms with van der Waals surface area (Å²) in [6.07, 6.45) is 5.18.